The average Bonchev–Trinajstić information content (AvgIpc) is 2.84. The fourth-order valence-electron chi connectivity index (χ4n) is 2.43. The number of rotatable bonds is 5. The topological polar surface area (TPSA) is 55.8 Å². The summed E-state index contributed by atoms with van der Waals surface area (Å²) < 4.78 is 36.8. The van der Waals surface area contributed by atoms with Crippen molar-refractivity contribution in [3.63, 3.8) is 0 Å². The van der Waals surface area contributed by atoms with E-state index in [1.165, 1.54) is 6.07 Å². The molecule has 3 atom stereocenters. The first-order valence-electron chi connectivity index (χ1n) is 6.35. The zero-order valence-electron chi connectivity index (χ0n) is 11.0. The summed E-state index contributed by atoms with van der Waals surface area (Å²) in [6, 6.07) is 3.34. The van der Waals surface area contributed by atoms with Crippen LogP contribution in [-0.4, -0.2) is 30.9 Å². The number of halogens is 2. The Hall–Kier alpha value is -1.53. The van der Waals surface area contributed by atoms with Gasteiger partial charge >= 0.3 is 5.97 Å². The number of methoxy groups -OCH3 is 1. The van der Waals surface area contributed by atoms with Crippen LogP contribution in [0.3, 0.4) is 0 Å². The van der Waals surface area contributed by atoms with E-state index >= 15 is 0 Å². The number of carbonyl (C=O) groups is 1. The number of aliphatic carboxylic acids is 1. The Bertz CT molecular complexity index is 492. The molecule has 2 rings (SSSR count). The standard InChI is InChI=1S/C14H16F2O4/c1-19-5-4-9-7-10(14(17)18)13(20-9)8-2-3-11(15)12(16)6-8/h2-3,6,9-10,13H,4-5,7H2,1H3,(H,17,18)/t9-,10-,13+/m1/s1. The molecule has 4 nitrogen and oxygen atoms in total. The van der Waals surface area contributed by atoms with Crippen LogP contribution >= 0.6 is 0 Å². The Kier molecular flexibility index (Phi) is 4.67. The van der Waals surface area contributed by atoms with Gasteiger partial charge in [-0.1, -0.05) is 6.07 Å². The average molecular weight is 286 g/mol. The van der Waals surface area contributed by atoms with E-state index in [-0.39, 0.29) is 6.10 Å². The van der Waals surface area contributed by atoms with Crippen molar-refractivity contribution in [2.75, 3.05) is 13.7 Å². The summed E-state index contributed by atoms with van der Waals surface area (Å²) in [5.74, 6) is -3.73. The lowest BCUT2D eigenvalue weighted by atomic mass is 9.93. The molecule has 0 unspecified atom stereocenters. The molecule has 0 bridgehead atoms. The second-order valence-corrected chi connectivity index (χ2v) is 4.81. The Morgan fingerprint density at radius 3 is 2.80 bits per heavy atom. The molecule has 1 aromatic rings. The first-order chi connectivity index (χ1) is 9.52. The van der Waals surface area contributed by atoms with Gasteiger partial charge in [0.25, 0.3) is 0 Å². The van der Waals surface area contributed by atoms with Crippen molar-refractivity contribution in [1.82, 2.24) is 0 Å². The van der Waals surface area contributed by atoms with Gasteiger partial charge in [0.15, 0.2) is 11.6 Å². The van der Waals surface area contributed by atoms with Gasteiger partial charge in [-0.25, -0.2) is 8.78 Å². The van der Waals surface area contributed by atoms with Crippen molar-refractivity contribution >= 4 is 5.97 Å². The van der Waals surface area contributed by atoms with E-state index in [1.807, 2.05) is 0 Å². The van der Waals surface area contributed by atoms with Crippen LogP contribution in [0.2, 0.25) is 0 Å². The Morgan fingerprint density at radius 2 is 2.20 bits per heavy atom. The third kappa shape index (κ3) is 3.13. The van der Waals surface area contributed by atoms with Crippen LogP contribution in [-0.2, 0) is 14.3 Å². The van der Waals surface area contributed by atoms with Crippen molar-refractivity contribution in [1.29, 1.82) is 0 Å². The number of ether oxygens (including phenoxy) is 2. The number of carboxylic acid groups (broad SMARTS) is 1. The molecule has 6 heteroatoms. The number of carboxylic acids is 1. The van der Waals surface area contributed by atoms with Gasteiger partial charge in [-0.15, -0.1) is 0 Å². The number of hydrogen-bond donors (Lipinski definition) is 1. The third-order valence-corrected chi connectivity index (χ3v) is 3.45. The van der Waals surface area contributed by atoms with Crippen LogP contribution in [0.1, 0.15) is 24.5 Å². The molecule has 0 radical (unpaired) electrons. The first-order valence-corrected chi connectivity index (χ1v) is 6.35. The van der Waals surface area contributed by atoms with Gasteiger partial charge in [0.1, 0.15) is 0 Å². The van der Waals surface area contributed by atoms with Crippen LogP contribution in [0.4, 0.5) is 8.78 Å². The second-order valence-electron chi connectivity index (χ2n) is 4.81. The van der Waals surface area contributed by atoms with Crippen molar-refractivity contribution in [2.24, 2.45) is 5.92 Å². The molecule has 1 aliphatic rings. The molecule has 0 aromatic heterocycles. The van der Waals surface area contributed by atoms with E-state index < -0.39 is 29.6 Å². The van der Waals surface area contributed by atoms with E-state index in [4.69, 9.17) is 9.47 Å². The van der Waals surface area contributed by atoms with Gasteiger partial charge in [0.2, 0.25) is 0 Å². The van der Waals surface area contributed by atoms with Gasteiger partial charge in [0.05, 0.1) is 18.1 Å². The molecular weight excluding hydrogens is 270 g/mol. The molecule has 0 amide bonds. The van der Waals surface area contributed by atoms with Gasteiger partial charge in [-0.3, -0.25) is 4.79 Å². The van der Waals surface area contributed by atoms with Crippen LogP contribution in [0.25, 0.3) is 0 Å². The van der Waals surface area contributed by atoms with E-state index in [0.29, 0.717) is 25.0 Å². The maximum Gasteiger partial charge on any atom is 0.309 e. The summed E-state index contributed by atoms with van der Waals surface area (Å²) in [7, 11) is 1.55. The molecule has 1 aliphatic heterocycles. The maximum absolute atomic E-state index is 13.3. The molecule has 1 N–H and O–H groups in total. The molecule has 0 saturated carbocycles. The van der Waals surface area contributed by atoms with Gasteiger partial charge in [-0.05, 0) is 30.5 Å². The molecule has 0 spiro atoms. The normalized spacial score (nSPS) is 25.9. The van der Waals surface area contributed by atoms with Crippen LogP contribution in [0.15, 0.2) is 18.2 Å². The summed E-state index contributed by atoms with van der Waals surface area (Å²) in [4.78, 5) is 11.3. The first kappa shape index (κ1) is 14.9. The third-order valence-electron chi connectivity index (χ3n) is 3.45. The molecule has 1 saturated heterocycles. The predicted octanol–water partition coefficient (Wildman–Crippen LogP) is 2.53. The fraction of sp³-hybridized carbons (Fsp3) is 0.500. The SMILES string of the molecule is COCC[C@@H]1C[C@@H](C(=O)O)[C@H](c2ccc(F)c(F)c2)O1. The summed E-state index contributed by atoms with van der Waals surface area (Å²) >= 11 is 0. The molecule has 1 fully saturated rings. The largest absolute Gasteiger partial charge is 0.481 e. The quantitative estimate of drug-likeness (QED) is 0.903. The highest BCUT2D eigenvalue weighted by Crippen LogP contribution is 2.39. The fourth-order valence-corrected chi connectivity index (χ4v) is 2.43. The molecule has 1 aromatic carbocycles. The number of hydrogen-bond acceptors (Lipinski definition) is 3. The minimum Gasteiger partial charge on any atom is -0.481 e. The zero-order valence-corrected chi connectivity index (χ0v) is 11.0. The highest BCUT2D eigenvalue weighted by molar-refractivity contribution is 5.71. The summed E-state index contributed by atoms with van der Waals surface area (Å²) in [6.45, 7) is 0.460. The monoisotopic (exact) mass is 286 g/mol. The van der Waals surface area contributed by atoms with E-state index in [9.17, 15) is 18.7 Å². The van der Waals surface area contributed by atoms with Crippen LogP contribution in [0, 0.1) is 17.6 Å². The van der Waals surface area contributed by atoms with Gasteiger partial charge in [0, 0.05) is 13.7 Å². The predicted molar refractivity (Wildman–Crippen MR) is 66.2 cm³/mol. The second kappa shape index (κ2) is 6.28. The molecular formula is C14H16F2O4. The molecule has 20 heavy (non-hydrogen) atoms. The van der Waals surface area contributed by atoms with Crippen LogP contribution < -0.4 is 0 Å². The van der Waals surface area contributed by atoms with Crippen molar-refractivity contribution in [3.05, 3.63) is 35.4 Å². The summed E-state index contributed by atoms with van der Waals surface area (Å²) in [5, 5.41) is 9.23. The smallest absolute Gasteiger partial charge is 0.309 e. The van der Waals surface area contributed by atoms with E-state index in [1.54, 1.807) is 7.11 Å². The highest BCUT2D eigenvalue weighted by Gasteiger charge is 2.40. The summed E-state index contributed by atoms with van der Waals surface area (Å²) in [5.41, 5.74) is 0.344. The van der Waals surface area contributed by atoms with Crippen LogP contribution in [0.5, 0.6) is 0 Å². The Labute approximate surface area is 115 Å². The summed E-state index contributed by atoms with van der Waals surface area (Å²) in [6.07, 6.45) is -0.110. The minimum atomic E-state index is -1.00. The lowest BCUT2D eigenvalue weighted by Gasteiger charge is -2.16. The maximum atomic E-state index is 13.3. The van der Waals surface area contributed by atoms with E-state index in [0.717, 1.165) is 12.1 Å². The van der Waals surface area contributed by atoms with Crippen molar-refractivity contribution in [2.45, 2.75) is 25.0 Å². The van der Waals surface area contributed by atoms with Crippen molar-refractivity contribution < 1.29 is 28.2 Å². The lowest BCUT2D eigenvalue weighted by Crippen LogP contribution is -2.17. The Morgan fingerprint density at radius 1 is 1.45 bits per heavy atom. The van der Waals surface area contributed by atoms with Gasteiger partial charge < -0.3 is 14.6 Å². The minimum absolute atomic E-state index is 0.255. The lowest BCUT2D eigenvalue weighted by molar-refractivity contribution is -0.143. The highest BCUT2D eigenvalue weighted by atomic mass is 19.2. The molecule has 110 valence electrons. The molecule has 1 heterocycles. The number of benzene rings is 1. The van der Waals surface area contributed by atoms with E-state index in [2.05, 4.69) is 0 Å². The van der Waals surface area contributed by atoms with Crippen molar-refractivity contribution in [3.8, 4) is 0 Å². The Balaban J connectivity index is 2.18. The molecule has 0 aliphatic carbocycles. The zero-order chi connectivity index (χ0) is 14.7. The van der Waals surface area contributed by atoms with Gasteiger partial charge in [-0.2, -0.15) is 0 Å².